The van der Waals surface area contributed by atoms with Gasteiger partial charge in [-0.1, -0.05) is 32.9 Å². The lowest BCUT2D eigenvalue weighted by Crippen LogP contribution is -2.31. The van der Waals surface area contributed by atoms with E-state index in [-0.39, 0.29) is 0 Å². The molecule has 0 heterocycles. The van der Waals surface area contributed by atoms with Gasteiger partial charge in [-0.3, -0.25) is 0 Å². The molecular weight excluding hydrogens is 260 g/mol. The van der Waals surface area contributed by atoms with Crippen LogP contribution in [-0.4, -0.2) is 32.9 Å². The van der Waals surface area contributed by atoms with Gasteiger partial charge in [-0.25, -0.2) is 12.7 Å². The second-order valence-corrected chi connectivity index (χ2v) is 7.12. The third-order valence-corrected chi connectivity index (χ3v) is 4.64. The third-order valence-electron chi connectivity index (χ3n) is 2.76. The Morgan fingerprint density at radius 2 is 1.89 bits per heavy atom. The lowest BCUT2D eigenvalue weighted by Gasteiger charge is -2.21. The van der Waals surface area contributed by atoms with Gasteiger partial charge in [0.05, 0.1) is 5.69 Å². The number of hydrogen-bond acceptors (Lipinski definition) is 3. The van der Waals surface area contributed by atoms with Crippen LogP contribution in [0.1, 0.15) is 27.2 Å². The monoisotopic (exact) mass is 284 g/mol. The molecule has 1 rings (SSSR count). The highest BCUT2D eigenvalue weighted by Gasteiger charge is 2.23. The van der Waals surface area contributed by atoms with E-state index in [0.717, 1.165) is 13.0 Å². The largest absolute Gasteiger partial charge is 0.384 e. The molecule has 0 fully saturated rings. The first-order valence-electron chi connectivity index (χ1n) is 6.68. The molecule has 4 nitrogen and oxygen atoms in total. The second kappa shape index (κ2) is 6.91. The van der Waals surface area contributed by atoms with Gasteiger partial charge >= 0.3 is 0 Å². The van der Waals surface area contributed by atoms with E-state index in [1.165, 1.54) is 4.31 Å². The summed E-state index contributed by atoms with van der Waals surface area (Å²) < 4.78 is 26.5. The molecule has 0 unspecified atom stereocenters. The molecule has 0 spiro atoms. The van der Waals surface area contributed by atoms with E-state index < -0.39 is 10.0 Å². The van der Waals surface area contributed by atoms with E-state index >= 15 is 0 Å². The number of benzene rings is 1. The number of nitrogens with one attached hydrogen (secondary N) is 1. The normalized spacial score (nSPS) is 12.1. The number of nitrogens with zero attached hydrogens (tertiary/aromatic N) is 1. The summed E-state index contributed by atoms with van der Waals surface area (Å²) >= 11 is 0. The summed E-state index contributed by atoms with van der Waals surface area (Å²) in [6, 6.07) is 7.07. The smallest absolute Gasteiger partial charge is 0.244 e. The number of anilines is 1. The number of rotatable bonds is 7. The molecule has 0 aliphatic rings. The molecule has 0 aromatic heterocycles. The Kier molecular flexibility index (Phi) is 5.82. The molecule has 1 aromatic rings. The lowest BCUT2D eigenvalue weighted by atomic mass is 10.2. The molecule has 0 radical (unpaired) electrons. The fourth-order valence-electron chi connectivity index (χ4n) is 1.88. The maximum Gasteiger partial charge on any atom is 0.244 e. The summed E-state index contributed by atoms with van der Waals surface area (Å²) in [5, 5.41) is 3.17. The molecule has 0 bridgehead atoms. The zero-order chi connectivity index (χ0) is 14.5. The SMILES string of the molecule is CCCNc1ccccc1S(=O)(=O)N(C)CC(C)C. The molecule has 0 aliphatic heterocycles. The van der Waals surface area contributed by atoms with Crippen LogP contribution in [0.25, 0.3) is 0 Å². The first kappa shape index (κ1) is 16.0. The fourth-order valence-corrected chi connectivity index (χ4v) is 3.38. The molecule has 0 aliphatic carbocycles. The molecule has 19 heavy (non-hydrogen) atoms. The molecule has 1 aromatic carbocycles. The third kappa shape index (κ3) is 4.21. The first-order chi connectivity index (χ1) is 8.89. The van der Waals surface area contributed by atoms with E-state index in [0.29, 0.717) is 23.0 Å². The Bertz CT molecular complexity index is 498. The Morgan fingerprint density at radius 1 is 1.26 bits per heavy atom. The van der Waals surface area contributed by atoms with Gasteiger partial charge in [0.1, 0.15) is 4.90 Å². The molecule has 0 saturated carbocycles. The molecule has 1 N–H and O–H groups in total. The van der Waals surface area contributed by atoms with Crippen molar-refractivity contribution in [2.75, 3.05) is 25.5 Å². The predicted octanol–water partition coefficient (Wildman–Crippen LogP) is 2.79. The second-order valence-electron chi connectivity index (χ2n) is 5.10. The van der Waals surface area contributed by atoms with Gasteiger partial charge in [0.2, 0.25) is 10.0 Å². The summed E-state index contributed by atoms with van der Waals surface area (Å²) in [6.07, 6.45) is 0.955. The molecule has 0 amide bonds. The van der Waals surface area contributed by atoms with Crippen molar-refractivity contribution < 1.29 is 8.42 Å². The summed E-state index contributed by atoms with van der Waals surface area (Å²) in [7, 11) is -1.79. The fraction of sp³-hybridized carbons (Fsp3) is 0.571. The first-order valence-corrected chi connectivity index (χ1v) is 8.12. The van der Waals surface area contributed by atoms with Gasteiger partial charge in [-0.05, 0) is 24.5 Å². The minimum atomic E-state index is -3.42. The van der Waals surface area contributed by atoms with Crippen LogP contribution < -0.4 is 5.32 Å². The van der Waals surface area contributed by atoms with Crippen LogP contribution in [0.2, 0.25) is 0 Å². The zero-order valence-electron chi connectivity index (χ0n) is 12.2. The topological polar surface area (TPSA) is 49.4 Å². The summed E-state index contributed by atoms with van der Waals surface area (Å²) in [5.74, 6) is 0.301. The van der Waals surface area contributed by atoms with Gasteiger partial charge in [0, 0.05) is 20.1 Å². The molecule has 0 saturated heterocycles. The molecule has 0 atom stereocenters. The number of para-hydroxylation sites is 1. The minimum Gasteiger partial charge on any atom is -0.384 e. The van der Waals surface area contributed by atoms with E-state index in [1.807, 2.05) is 26.0 Å². The van der Waals surface area contributed by atoms with Gasteiger partial charge < -0.3 is 5.32 Å². The van der Waals surface area contributed by atoms with Crippen molar-refractivity contribution in [3.63, 3.8) is 0 Å². The Hall–Kier alpha value is -1.07. The highest BCUT2D eigenvalue weighted by Crippen LogP contribution is 2.24. The molecule has 5 heteroatoms. The summed E-state index contributed by atoms with van der Waals surface area (Å²) in [6.45, 7) is 7.35. The van der Waals surface area contributed by atoms with Crippen LogP contribution in [0.4, 0.5) is 5.69 Å². The zero-order valence-corrected chi connectivity index (χ0v) is 13.0. The summed E-state index contributed by atoms with van der Waals surface area (Å²) in [5.41, 5.74) is 0.681. The maximum absolute atomic E-state index is 12.5. The van der Waals surface area contributed by atoms with Crippen molar-refractivity contribution in [3.8, 4) is 0 Å². The van der Waals surface area contributed by atoms with Crippen molar-refractivity contribution in [1.82, 2.24) is 4.31 Å². The van der Waals surface area contributed by atoms with Crippen molar-refractivity contribution in [3.05, 3.63) is 24.3 Å². The van der Waals surface area contributed by atoms with Crippen LogP contribution in [0, 0.1) is 5.92 Å². The highest BCUT2D eigenvalue weighted by molar-refractivity contribution is 7.89. The van der Waals surface area contributed by atoms with Gasteiger partial charge in [0.15, 0.2) is 0 Å². The van der Waals surface area contributed by atoms with Crippen molar-refractivity contribution >= 4 is 15.7 Å². The van der Waals surface area contributed by atoms with E-state index in [2.05, 4.69) is 12.2 Å². The molecular formula is C14H24N2O2S. The summed E-state index contributed by atoms with van der Waals surface area (Å²) in [4.78, 5) is 0.353. The quantitative estimate of drug-likeness (QED) is 0.837. The minimum absolute atomic E-state index is 0.301. The van der Waals surface area contributed by atoms with Gasteiger partial charge in [-0.15, -0.1) is 0 Å². The highest BCUT2D eigenvalue weighted by atomic mass is 32.2. The van der Waals surface area contributed by atoms with Gasteiger partial charge in [-0.2, -0.15) is 0 Å². The number of hydrogen-bond donors (Lipinski definition) is 1. The predicted molar refractivity (Wildman–Crippen MR) is 79.9 cm³/mol. The van der Waals surface area contributed by atoms with Crippen molar-refractivity contribution in [2.45, 2.75) is 32.1 Å². The van der Waals surface area contributed by atoms with Crippen molar-refractivity contribution in [1.29, 1.82) is 0 Å². The van der Waals surface area contributed by atoms with E-state index in [1.54, 1.807) is 19.2 Å². The van der Waals surface area contributed by atoms with Crippen LogP contribution in [-0.2, 0) is 10.0 Å². The maximum atomic E-state index is 12.5. The van der Waals surface area contributed by atoms with Crippen molar-refractivity contribution in [2.24, 2.45) is 5.92 Å². The van der Waals surface area contributed by atoms with Gasteiger partial charge in [0.25, 0.3) is 0 Å². The van der Waals surface area contributed by atoms with E-state index in [9.17, 15) is 8.42 Å². The van der Waals surface area contributed by atoms with Crippen LogP contribution in [0.5, 0.6) is 0 Å². The van der Waals surface area contributed by atoms with E-state index in [4.69, 9.17) is 0 Å². The van der Waals surface area contributed by atoms with Crippen LogP contribution in [0.15, 0.2) is 29.2 Å². The average molecular weight is 284 g/mol. The molecule has 108 valence electrons. The Labute approximate surface area is 116 Å². The standard InChI is InChI=1S/C14H24N2O2S/c1-5-10-15-13-8-6-7-9-14(13)19(17,18)16(4)11-12(2)3/h6-9,12,15H,5,10-11H2,1-4H3. The number of sulfonamides is 1. The average Bonchev–Trinajstić information content (AvgIpc) is 2.35. The van der Waals surface area contributed by atoms with Crippen LogP contribution >= 0.6 is 0 Å². The Morgan fingerprint density at radius 3 is 2.47 bits per heavy atom. The van der Waals surface area contributed by atoms with Crippen LogP contribution in [0.3, 0.4) is 0 Å². The Balaban J connectivity index is 3.06. The lowest BCUT2D eigenvalue weighted by molar-refractivity contribution is 0.417.